The summed E-state index contributed by atoms with van der Waals surface area (Å²) in [6.45, 7) is 21.0. The minimum Gasteiger partial charge on any atom is -0.481 e. The lowest BCUT2D eigenvalue weighted by molar-refractivity contribution is -0.235. The molecule has 312 valence electrons. The van der Waals surface area contributed by atoms with E-state index in [2.05, 4.69) is 84.5 Å². The Morgan fingerprint density at radius 2 is 1.57 bits per heavy atom. The van der Waals surface area contributed by atoms with Gasteiger partial charge in [-0.1, -0.05) is 84.7 Å². The monoisotopic (exact) mass is 795 g/mol. The minimum atomic E-state index is -0.975. The van der Waals surface area contributed by atoms with Gasteiger partial charge in [-0.3, -0.25) is 19.3 Å². The van der Waals surface area contributed by atoms with Crippen LogP contribution in [0.5, 0.6) is 0 Å². The molecule has 0 amide bonds. The third-order valence-corrected chi connectivity index (χ3v) is 17.1. The molecule has 0 radical (unpaired) electrons. The van der Waals surface area contributed by atoms with Gasteiger partial charge in [0.05, 0.1) is 18.4 Å². The van der Waals surface area contributed by atoms with Gasteiger partial charge in [-0.15, -0.1) is 0 Å². The van der Waals surface area contributed by atoms with Gasteiger partial charge >= 0.3 is 11.9 Å². The van der Waals surface area contributed by atoms with Crippen LogP contribution >= 0.6 is 11.6 Å². The molecule has 1 aromatic carbocycles. The van der Waals surface area contributed by atoms with Gasteiger partial charge in [-0.05, 0) is 129 Å². The largest absolute Gasteiger partial charge is 0.481 e. The highest BCUT2D eigenvalue weighted by Crippen LogP contribution is 2.77. The SMILES string of the molecule is CC(C)C1=C2[C@H]3CC[C@@H]4[C@@]5(C)CC[C@H](OC(=O)C[C@@H](C)C(=O)O)C(C)(C)[C@@H]5CC[C@@]4(C)[C@]3(C)CC[C@@]2([C@@H](O)CN(CCN(C)C)Cc2ccc(Cl)cc2)CC1=O. The Kier molecular flexibility index (Phi) is 12.2. The topological polar surface area (TPSA) is 107 Å². The van der Waals surface area contributed by atoms with Crippen molar-refractivity contribution in [2.45, 2.75) is 138 Å². The third kappa shape index (κ3) is 7.34. The van der Waals surface area contributed by atoms with E-state index in [9.17, 15) is 24.6 Å². The molecule has 5 aliphatic rings. The zero-order valence-corrected chi connectivity index (χ0v) is 36.8. The molecule has 4 saturated carbocycles. The summed E-state index contributed by atoms with van der Waals surface area (Å²) in [5.41, 5.74) is 2.75. The number of carbonyl (C=O) groups is 3. The fraction of sp³-hybridized carbons (Fsp3) is 0.766. The fourth-order valence-electron chi connectivity index (χ4n) is 13.7. The third-order valence-electron chi connectivity index (χ3n) is 16.8. The number of rotatable bonds is 13. The van der Waals surface area contributed by atoms with Crippen LogP contribution in [0.2, 0.25) is 5.02 Å². The molecule has 0 unspecified atom stereocenters. The van der Waals surface area contributed by atoms with Gasteiger partial charge in [0.2, 0.25) is 0 Å². The second-order valence-corrected chi connectivity index (χ2v) is 21.3. The van der Waals surface area contributed by atoms with Crippen molar-refractivity contribution >= 4 is 29.3 Å². The van der Waals surface area contributed by atoms with E-state index < -0.39 is 29.4 Å². The van der Waals surface area contributed by atoms with Crippen LogP contribution in [0.25, 0.3) is 0 Å². The zero-order valence-electron chi connectivity index (χ0n) is 36.1. The van der Waals surface area contributed by atoms with E-state index >= 15 is 0 Å². The Morgan fingerprint density at radius 3 is 2.20 bits per heavy atom. The first-order chi connectivity index (χ1) is 26.1. The number of carbonyl (C=O) groups excluding carboxylic acids is 2. The highest BCUT2D eigenvalue weighted by Gasteiger charge is 2.70. The van der Waals surface area contributed by atoms with Crippen LogP contribution in [-0.4, -0.2) is 83.7 Å². The molecule has 56 heavy (non-hydrogen) atoms. The molecular formula is C47H71ClN2O6. The second kappa shape index (κ2) is 15.7. The lowest BCUT2D eigenvalue weighted by Crippen LogP contribution is -2.66. The number of Topliss-reactive ketones (excluding diaryl/α,β-unsaturated/α-hetero) is 1. The van der Waals surface area contributed by atoms with Crippen LogP contribution in [0.1, 0.15) is 125 Å². The minimum absolute atomic E-state index is 0.0262. The standard InChI is InChI=1S/C47H71ClN2O6/c1-29(2)40-34(51)26-47(37(52)28-50(24-23-49(9)10)27-31-11-13-32(48)14-12-31)22-21-45(7)33(41(40)47)15-16-36-44(6)19-18-38(56-39(53)25-30(3)42(54)55)43(4,5)35(44)17-20-46(36,45)8/h11-14,29-30,33,35-38,52H,15-28H2,1-10H3,(H,54,55)/t30-,33-,35+,36-,37+,38+,44+,45-,46-,47+/m1/s1. The van der Waals surface area contributed by atoms with Gasteiger partial charge in [0.15, 0.2) is 5.78 Å². The molecule has 0 aliphatic heterocycles. The Morgan fingerprint density at radius 1 is 0.893 bits per heavy atom. The number of ether oxygens (including phenoxy) is 1. The van der Waals surface area contributed by atoms with Crippen molar-refractivity contribution in [2.75, 3.05) is 33.7 Å². The van der Waals surface area contributed by atoms with Crippen LogP contribution in [0, 0.1) is 56.7 Å². The summed E-state index contributed by atoms with van der Waals surface area (Å²) in [7, 11) is 4.17. The van der Waals surface area contributed by atoms with E-state index in [0.717, 1.165) is 75.6 Å². The molecule has 0 heterocycles. The molecule has 0 bridgehead atoms. The van der Waals surface area contributed by atoms with Crippen molar-refractivity contribution in [3.63, 3.8) is 0 Å². The fourth-order valence-corrected chi connectivity index (χ4v) is 13.8. The van der Waals surface area contributed by atoms with E-state index in [0.29, 0.717) is 36.4 Å². The van der Waals surface area contributed by atoms with Crippen LogP contribution in [0.4, 0.5) is 0 Å². The molecular weight excluding hydrogens is 724 g/mol. The van der Waals surface area contributed by atoms with Gasteiger partial charge in [0.1, 0.15) is 6.10 Å². The number of ketones is 1. The predicted molar refractivity (Wildman–Crippen MR) is 222 cm³/mol. The average molecular weight is 796 g/mol. The summed E-state index contributed by atoms with van der Waals surface area (Å²) in [6.07, 6.45) is 7.22. The lowest BCUT2D eigenvalue weighted by atomic mass is 9.33. The molecule has 9 heteroatoms. The molecule has 5 aliphatic carbocycles. The highest BCUT2D eigenvalue weighted by atomic mass is 35.5. The van der Waals surface area contributed by atoms with Crippen LogP contribution in [0.3, 0.4) is 0 Å². The number of nitrogens with zero attached hydrogens (tertiary/aromatic N) is 2. The van der Waals surface area contributed by atoms with Crippen molar-refractivity contribution in [3.05, 3.63) is 46.0 Å². The maximum absolute atomic E-state index is 14.3. The number of benzene rings is 1. The second-order valence-electron chi connectivity index (χ2n) is 20.8. The molecule has 2 N–H and O–H groups in total. The van der Waals surface area contributed by atoms with Crippen molar-refractivity contribution in [1.82, 2.24) is 9.80 Å². The summed E-state index contributed by atoms with van der Waals surface area (Å²) in [5.74, 6) is -0.714. The van der Waals surface area contributed by atoms with Crippen molar-refractivity contribution < 1.29 is 29.3 Å². The van der Waals surface area contributed by atoms with Crippen molar-refractivity contribution in [2.24, 2.45) is 56.7 Å². The summed E-state index contributed by atoms with van der Waals surface area (Å²) in [4.78, 5) is 43.3. The number of likely N-dealkylation sites (N-methyl/N-ethyl adjacent to an activating group) is 1. The summed E-state index contributed by atoms with van der Waals surface area (Å²) < 4.78 is 6.13. The van der Waals surface area contributed by atoms with E-state index in [-0.39, 0.29) is 51.8 Å². The quantitative estimate of drug-likeness (QED) is 0.191. The molecule has 0 saturated heterocycles. The first-order valence-electron chi connectivity index (χ1n) is 21.6. The van der Waals surface area contributed by atoms with Crippen LogP contribution in [0.15, 0.2) is 35.4 Å². The van der Waals surface area contributed by atoms with E-state index in [4.69, 9.17) is 16.3 Å². The number of halogens is 1. The molecule has 8 nitrogen and oxygen atoms in total. The number of hydrogen-bond donors (Lipinski definition) is 2. The molecule has 1 aromatic rings. The Bertz CT molecular complexity index is 1690. The van der Waals surface area contributed by atoms with Crippen LogP contribution < -0.4 is 0 Å². The number of carboxylic acid groups (broad SMARTS) is 1. The first kappa shape index (κ1) is 43.3. The lowest BCUT2D eigenvalue weighted by Gasteiger charge is -2.72. The maximum atomic E-state index is 14.3. The number of aliphatic hydroxyl groups is 1. The number of fused-ring (bicyclic) bond motifs is 7. The van der Waals surface area contributed by atoms with Gasteiger partial charge in [0, 0.05) is 48.5 Å². The van der Waals surface area contributed by atoms with Gasteiger partial charge in [-0.25, -0.2) is 0 Å². The first-order valence-corrected chi connectivity index (χ1v) is 22.0. The summed E-state index contributed by atoms with van der Waals surface area (Å²) >= 11 is 6.24. The Hall–Kier alpha value is -2.26. The van der Waals surface area contributed by atoms with Gasteiger partial charge < -0.3 is 19.8 Å². The van der Waals surface area contributed by atoms with E-state index in [1.54, 1.807) is 6.92 Å². The summed E-state index contributed by atoms with van der Waals surface area (Å²) in [5, 5.41) is 22.8. The molecule has 0 spiro atoms. The Labute approximate surface area is 342 Å². The molecule has 6 rings (SSSR count). The number of allylic oxidation sites excluding steroid dienone is 1. The normalized spacial score (nSPS) is 36.2. The van der Waals surface area contributed by atoms with Gasteiger partial charge in [-0.2, -0.15) is 0 Å². The van der Waals surface area contributed by atoms with Crippen molar-refractivity contribution in [3.8, 4) is 0 Å². The average Bonchev–Trinajstić information content (AvgIpc) is 3.43. The molecule has 0 aromatic heterocycles. The van der Waals surface area contributed by atoms with E-state index in [1.165, 1.54) is 5.57 Å². The number of esters is 1. The maximum Gasteiger partial charge on any atom is 0.306 e. The van der Waals surface area contributed by atoms with Gasteiger partial charge in [0.25, 0.3) is 0 Å². The predicted octanol–water partition coefficient (Wildman–Crippen LogP) is 9.07. The number of carboxylic acids is 1. The molecule has 4 fully saturated rings. The highest BCUT2D eigenvalue weighted by molar-refractivity contribution is 6.30. The number of aliphatic hydroxyl groups excluding tert-OH is 1. The number of aliphatic carboxylic acids is 1. The Balaban J connectivity index is 1.29. The van der Waals surface area contributed by atoms with Crippen molar-refractivity contribution in [1.29, 1.82) is 0 Å². The zero-order chi connectivity index (χ0) is 41.2. The molecule has 10 atom stereocenters. The van der Waals surface area contributed by atoms with E-state index in [1.807, 2.05) is 12.1 Å². The summed E-state index contributed by atoms with van der Waals surface area (Å²) in [6, 6.07) is 8.00. The smallest absolute Gasteiger partial charge is 0.306 e. The van der Waals surface area contributed by atoms with Crippen LogP contribution in [-0.2, 0) is 25.7 Å². The number of hydrogen-bond acceptors (Lipinski definition) is 7.